The Morgan fingerprint density at radius 2 is 2.00 bits per heavy atom. The Bertz CT molecular complexity index is 668. The fourth-order valence-electron chi connectivity index (χ4n) is 3.11. The Labute approximate surface area is 140 Å². The van der Waals surface area contributed by atoms with Crippen LogP contribution in [0.2, 0.25) is 0 Å². The van der Waals surface area contributed by atoms with Gasteiger partial charge in [0, 0.05) is 17.4 Å². The highest BCUT2D eigenvalue weighted by Gasteiger charge is 2.34. The Hall–Kier alpha value is -1.61. The first-order valence-electron chi connectivity index (χ1n) is 7.83. The predicted molar refractivity (Wildman–Crippen MR) is 92.5 cm³/mol. The van der Waals surface area contributed by atoms with Crippen molar-refractivity contribution < 1.29 is 4.79 Å². The number of benzene rings is 2. The van der Waals surface area contributed by atoms with Gasteiger partial charge < -0.3 is 4.90 Å². The standard InChI is InChI=1S/C19H20BrNO/c1-2-3-9-18(22)21-13-15-10-11-16(20)12-17(15)19(21)14-7-5-4-6-8-14/h4-8,10-12,19H,2-3,9,13H2,1H3. The molecule has 0 saturated carbocycles. The van der Waals surface area contributed by atoms with E-state index in [1.165, 1.54) is 16.7 Å². The van der Waals surface area contributed by atoms with Crippen LogP contribution >= 0.6 is 15.9 Å². The van der Waals surface area contributed by atoms with Gasteiger partial charge in [-0.25, -0.2) is 0 Å². The first-order chi connectivity index (χ1) is 10.7. The van der Waals surface area contributed by atoms with Gasteiger partial charge >= 0.3 is 0 Å². The average molecular weight is 358 g/mol. The van der Waals surface area contributed by atoms with Crippen molar-refractivity contribution in [3.8, 4) is 0 Å². The van der Waals surface area contributed by atoms with Crippen LogP contribution in [0.15, 0.2) is 53.0 Å². The second-order valence-electron chi connectivity index (χ2n) is 5.78. The van der Waals surface area contributed by atoms with Crippen LogP contribution in [0.5, 0.6) is 0 Å². The third-order valence-corrected chi connectivity index (χ3v) is 4.73. The molecule has 1 aliphatic rings. The minimum Gasteiger partial charge on any atom is -0.327 e. The number of hydrogen-bond acceptors (Lipinski definition) is 1. The van der Waals surface area contributed by atoms with Gasteiger partial charge in [0.1, 0.15) is 0 Å². The van der Waals surface area contributed by atoms with Crippen LogP contribution < -0.4 is 0 Å². The summed E-state index contributed by atoms with van der Waals surface area (Å²) in [6.07, 6.45) is 2.64. The van der Waals surface area contributed by atoms with Gasteiger partial charge in [0.25, 0.3) is 0 Å². The topological polar surface area (TPSA) is 20.3 Å². The first-order valence-corrected chi connectivity index (χ1v) is 8.62. The van der Waals surface area contributed by atoms with Gasteiger partial charge in [0.15, 0.2) is 0 Å². The predicted octanol–water partition coefficient (Wildman–Crippen LogP) is 5.07. The minimum absolute atomic E-state index is 0.0399. The molecule has 2 nitrogen and oxygen atoms in total. The monoisotopic (exact) mass is 357 g/mol. The number of carbonyl (C=O) groups excluding carboxylic acids is 1. The SMILES string of the molecule is CCCCC(=O)N1Cc2ccc(Br)cc2C1c1ccccc1. The molecule has 1 amide bonds. The third-order valence-electron chi connectivity index (χ3n) is 4.23. The third kappa shape index (κ3) is 2.95. The van der Waals surface area contributed by atoms with Crippen molar-refractivity contribution in [3.05, 3.63) is 69.7 Å². The fourth-order valence-corrected chi connectivity index (χ4v) is 3.48. The molecule has 1 aliphatic heterocycles. The zero-order valence-corrected chi connectivity index (χ0v) is 14.3. The van der Waals surface area contributed by atoms with E-state index >= 15 is 0 Å². The highest BCUT2D eigenvalue weighted by Crippen LogP contribution is 2.40. The number of halogens is 1. The maximum absolute atomic E-state index is 12.7. The van der Waals surface area contributed by atoms with E-state index in [2.05, 4.69) is 53.2 Å². The van der Waals surface area contributed by atoms with E-state index in [0.29, 0.717) is 13.0 Å². The van der Waals surface area contributed by atoms with Gasteiger partial charge in [0.2, 0.25) is 5.91 Å². The summed E-state index contributed by atoms with van der Waals surface area (Å²) < 4.78 is 1.06. The van der Waals surface area contributed by atoms with Gasteiger partial charge in [-0.3, -0.25) is 4.79 Å². The van der Waals surface area contributed by atoms with Crippen LogP contribution in [0.3, 0.4) is 0 Å². The number of unbranched alkanes of at least 4 members (excludes halogenated alkanes) is 1. The minimum atomic E-state index is 0.0399. The van der Waals surface area contributed by atoms with Gasteiger partial charge in [-0.1, -0.05) is 65.7 Å². The van der Waals surface area contributed by atoms with Gasteiger partial charge in [-0.05, 0) is 35.2 Å². The van der Waals surface area contributed by atoms with Crippen molar-refractivity contribution in [3.63, 3.8) is 0 Å². The number of amides is 1. The fraction of sp³-hybridized carbons (Fsp3) is 0.316. The van der Waals surface area contributed by atoms with Crippen molar-refractivity contribution >= 4 is 21.8 Å². The Morgan fingerprint density at radius 1 is 1.23 bits per heavy atom. The Kier molecular flexibility index (Phi) is 4.63. The van der Waals surface area contributed by atoms with Crippen LogP contribution in [-0.4, -0.2) is 10.8 Å². The van der Waals surface area contributed by atoms with Crippen molar-refractivity contribution in [2.75, 3.05) is 0 Å². The molecule has 2 aromatic rings. The van der Waals surface area contributed by atoms with Crippen molar-refractivity contribution in [1.29, 1.82) is 0 Å². The summed E-state index contributed by atoms with van der Waals surface area (Å²) in [7, 11) is 0. The lowest BCUT2D eigenvalue weighted by atomic mass is 9.98. The molecule has 0 N–H and O–H groups in total. The molecule has 1 atom stereocenters. The van der Waals surface area contributed by atoms with Crippen molar-refractivity contribution in [2.24, 2.45) is 0 Å². The molecule has 0 fully saturated rings. The Morgan fingerprint density at radius 3 is 2.73 bits per heavy atom. The maximum Gasteiger partial charge on any atom is 0.223 e. The summed E-state index contributed by atoms with van der Waals surface area (Å²) in [5.41, 5.74) is 3.68. The van der Waals surface area contributed by atoms with Gasteiger partial charge in [-0.15, -0.1) is 0 Å². The molecule has 0 spiro atoms. The molecule has 2 aromatic carbocycles. The number of carbonyl (C=O) groups is 1. The normalized spacial score (nSPS) is 16.6. The zero-order chi connectivity index (χ0) is 15.5. The smallest absolute Gasteiger partial charge is 0.223 e. The zero-order valence-electron chi connectivity index (χ0n) is 12.8. The summed E-state index contributed by atoms with van der Waals surface area (Å²) in [5, 5.41) is 0. The van der Waals surface area contributed by atoms with Gasteiger partial charge in [0.05, 0.1) is 6.04 Å². The molecule has 3 rings (SSSR count). The lowest BCUT2D eigenvalue weighted by Gasteiger charge is -2.26. The average Bonchev–Trinajstić information content (AvgIpc) is 2.92. The summed E-state index contributed by atoms with van der Waals surface area (Å²) in [5.74, 6) is 0.253. The molecular formula is C19H20BrNO. The molecule has 0 aromatic heterocycles. The molecule has 1 unspecified atom stereocenters. The van der Waals surface area contributed by atoms with E-state index in [-0.39, 0.29) is 11.9 Å². The van der Waals surface area contributed by atoms with E-state index in [9.17, 15) is 4.79 Å². The van der Waals surface area contributed by atoms with Crippen LogP contribution in [-0.2, 0) is 11.3 Å². The number of fused-ring (bicyclic) bond motifs is 1. The quantitative estimate of drug-likeness (QED) is 0.747. The largest absolute Gasteiger partial charge is 0.327 e. The second-order valence-corrected chi connectivity index (χ2v) is 6.70. The maximum atomic E-state index is 12.7. The van der Waals surface area contributed by atoms with Crippen LogP contribution in [0, 0.1) is 0 Å². The van der Waals surface area contributed by atoms with Crippen molar-refractivity contribution in [2.45, 2.75) is 38.8 Å². The highest BCUT2D eigenvalue weighted by molar-refractivity contribution is 9.10. The lowest BCUT2D eigenvalue weighted by molar-refractivity contribution is -0.132. The highest BCUT2D eigenvalue weighted by atomic mass is 79.9. The van der Waals surface area contributed by atoms with Crippen LogP contribution in [0.25, 0.3) is 0 Å². The van der Waals surface area contributed by atoms with Gasteiger partial charge in [-0.2, -0.15) is 0 Å². The molecular weight excluding hydrogens is 338 g/mol. The lowest BCUT2D eigenvalue weighted by Crippen LogP contribution is -2.30. The van der Waals surface area contributed by atoms with E-state index in [1.54, 1.807) is 0 Å². The van der Waals surface area contributed by atoms with E-state index in [4.69, 9.17) is 0 Å². The molecule has 0 radical (unpaired) electrons. The molecule has 22 heavy (non-hydrogen) atoms. The molecule has 1 heterocycles. The van der Waals surface area contributed by atoms with Crippen LogP contribution in [0.4, 0.5) is 0 Å². The summed E-state index contributed by atoms with van der Waals surface area (Å²) in [4.78, 5) is 14.7. The first kappa shape index (κ1) is 15.3. The number of hydrogen-bond donors (Lipinski definition) is 0. The molecule has 114 valence electrons. The summed E-state index contributed by atoms with van der Waals surface area (Å²) >= 11 is 3.56. The number of rotatable bonds is 4. The summed E-state index contributed by atoms with van der Waals surface area (Å²) in [6, 6.07) is 16.7. The van der Waals surface area contributed by atoms with E-state index in [0.717, 1.165) is 17.3 Å². The van der Waals surface area contributed by atoms with E-state index < -0.39 is 0 Å². The molecule has 0 saturated heterocycles. The molecule has 3 heteroatoms. The van der Waals surface area contributed by atoms with Crippen LogP contribution in [0.1, 0.15) is 48.9 Å². The number of nitrogens with zero attached hydrogens (tertiary/aromatic N) is 1. The molecule has 0 bridgehead atoms. The van der Waals surface area contributed by atoms with Crippen molar-refractivity contribution in [1.82, 2.24) is 4.90 Å². The molecule has 0 aliphatic carbocycles. The summed E-state index contributed by atoms with van der Waals surface area (Å²) in [6.45, 7) is 2.84. The Balaban J connectivity index is 1.99. The van der Waals surface area contributed by atoms with E-state index in [1.807, 2.05) is 23.1 Å². The second kappa shape index (κ2) is 6.66.